The highest BCUT2D eigenvalue weighted by atomic mass is 32.2. The molecule has 1 aromatic rings. The summed E-state index contributed by atoms with van der Waals surface area (Å²) in [6.45, 7) is 3.52. The van der Waals surface area contributed by atoms with Crippen LogP contribution in [-0.2, 0) is 10.8 Å². The number of rotatable bonds is 6. The molecule has 0 aliphatic heterocycles. The highest BCUT2D eigenvalue weighted by molar-refractivity contribution is 7.84. The first-order chi connectivity index (χ1) is 8.32. The Morgan fingerprint density at radius 1 is 1.56 bits per heavy atom. The van der Waals surface area contributed by atoms with E-state index in [-0.39, 0.29) is 21.6 Å². The molecule has 100 valence electrons. The molecule has 18 heavy (non-hydrogen) atoms. The number of hydrogen-bond acceptors (Lipinski definition) is 6. The SMILES string of the molecule is CC(=O)c1sc(NCC(C)S(C)=O)nc1C(=O)O. The zero-order chi connectivity index (χ0) is 13.9. The molecule has 0 spiro atoms. The van der Waals surface area contributed by atoms with E-state index in [0.29, 0.717) is 11.7 Å². The van der Waals surface area contributed by atoms with Crippen molar-refractivity contribution in [2.45, 2.75) is 19.1 Å². The van der Waals surface area contributed by atoms with Crippen LogP contribution in [0.25, 0.3) is 0 Å². The Hall–Kier alpha value is -1.28. The van der Waals surface area contributed by atoms with Gasteiger partial charge in [0.15, 0.2) is 16.6 Å². The number of carbonyl (C=O) groups excluding carboxylic acids is 1. The van der Waals surface area contributed by atoms with Gasteiger partial charge in [-0.2, -0.15) is 0 Å². The number of nitrogens with one attached hydrogen (secondary N) is 1. The lowest BCUT2D eigenvalue weighted by Gasteiger charge is -2.07. The molecule has 0 radical (unpaired) electrons. The minimum Gasteiger partial charge on any atom is -0.476 e. The van der Waals surface area contributed by atoms with Crippen molar-refractivity contribution in [2.24, 2.45) is 0 Å². The normalized spacial score (nSPS) is 13.9. The van der Waals surface area contributed by atoms with Gasteiger partial charge in [0, 0.05) is 35.8 Å². The zero-order valence-electron chi connectivity index (χ0n) is 10.2. The summed E-state index contributed by atoms with van der Waals surface area (Å²) < 4.78 is 11.2. The van der Waals surface area contributed by atoms with E-state index >= 15 is 0 Å². The van der Waals surface area contributed by atoms with Gasteiger partial charge in [0.25, 0.3) is 0 Å². The second-order valence-electron chi connectivity index (χ2n) is 3.75. The third-order valence-corrected chi connectivity index (χ3v) is 4.67. The third-order valence-electron chi connectivity index (χ3n) is 2.26. The first-order valence-electron chi connectivity index (χ1n) is 5.14. The van der Waals surface area contributed by atoms with Crippen LogP contribution >= 0.6 is 11.3 Å². The first-order valence-corrected chi connectivity index (χ1v) is 7.57. The number of hydrogen-bond donors (Lipinski definition) is 2. The molecule has 1 rings (SSSR count). The molecule has 1 aromatic heterocycles. The largest absolute Gasteiger partial charge is 0.476 e. The molecule has 0 fully saturated rings. The monoisotopic (exact) mass is 290 g/mol. The van der Waals surface area contributed by atoms with E-state index in [4.69, 9.17) is 5.11 Å². The number of ketones is 1. The van der Waals surface area contributed by atoms with Crippen molar-refractivity contribution in [1.29, 1.82) is 0 Å². The topological polar surface area (TPSA) is 96.4 Å². The van der Waals surface area contributed by atoms with Crippen molar-refractivity contribution >= 4 is 39.0 Å². The van der Waals surface area contributed by atoms with E-state index in [2.05, 4.69) is 10.3 Å². The molecule has 0 amide bonds. The molecule has 0 saturated heterocycles. The number of anilines is 1. The maximum atomic E-state index is 11.3. The van der Waals surface area contributed by atoms with Crippen molar-refractivity contribution in [3.05, 3.63) is 10.6 Å². The smallest absolute Gasteiger partial charge is 0.356 e. The number of Topliss-reactive ketones (excluding diaryl/α,β-unsaturated/α-hetero) is 1. The Morgan fingerprint density at radius 2 is 2.17 bits per heavy atom. The lowest BCUT2D eigenvalue weighted by molar-refractivity contribution is 0.0687. The molecular formula is C10H14N2O4S2. The second-order valence-corrected chi connectivity index (χ2v) is 6.55. The number of thiazole rings is 1. The maximum Gasteiger partial charge on any atom is 0.356 e. The summed E-state index contributed by atoms with van der Waals surface area (Å²) in [7, 11) is -0.969. The van der Waals surface area contributed by atoms with E-state index in [1.54, 1.807) is 13.2 Å². The Kier molecular flexibility index (Phi) is 4.97. The van der Waals surface area contributed by atoms with E-state index in [0.717, 1.165) is 11.3 Å². The van der Waals surface area contributed by atoms with Crippen LogP contribution in [0.3, 0.4) is 0 Å². The molecule has 0 saturated carbocycles. The van der Waals surface area contributed by atoms with Crippen molar-refractivity contribution in [1.82, 2.24) is 4.98 Å². The molecule has 0 aliphatic rings. The molecule has 0 bridgehead atoms. The molecule has 0 aromatic carbocycles. The highest BCUT2D eigenvalue weighted by Crippen LogP contribution is 2.23. The van der Waals surface area contributed by atoms with Crippen molar-refractivity contribution in [3.8, 4) is 0 Å². The number of nitrogens with zero attached hydrogens (tertiary/aromatic N) is 1. The van der Waals surface area contributed by atoms with Crippen LogP contribution in [0.15, 0.2) is 0 Å². The van der Waals surface area contributed by atoms with E-state index in [1.807, 2.05) is 0 Å². The van der Waals surface area contributed by atoms with Crippen molar-refractivity contribution < 1.29 is 18.9 Å². The van der Waals surface area contributed by atoms with Crippen LogP contribution in [0.2, 0.25) is 0 Å². The van der Waals surface area contributed by atoms with Gasteiger partial charge < -0.3 is 10.4 Å². The van der Waals surface area contributed by atoms with Gasteiger partial charge in [0.1, 0.15) is 4.88 Å². The minimum absolute atomic E-state index is 0.0806. The molecule has 2 N–H and O–H groups in total. The predicted molar refractivity (Wildman–Crippen MR) is 71.1 cm³/mol. The Labute approximate surface area is 111 Å². The molecule has 0 aliphatic carbocycles. The fraction of sp³-hybridized carbons (Fsp3) is 0.500. The maximum absolute atomic E-state index is 11.3. The zero-order valence-corrected chi connectivity index (χ0v) is 11.9. The average molecular weight is 290 g/mol. The van der Waals surface area contributed by atoms with Crippen LogP contribution in [0.4, 0.5) is 5.13 Å². The summed E-state index contributed by atoms with van der Waals surface area (Å²) in [4.78, 5) is 26.1. The molecule has 8 heteroatoms. The molecule has 2 atom stereocenters. The fourth-order valence-corrected chi connectivity index (χ4v) is 2.30. The predicted octanol–water partition coefficient (Wildman–Crippen LogP) is 1.22. The quantitative estimate of drug-likeness (QED) is 0.765. The minimum atomic E-state index is -1.23. The average Bonchev–Trinajstić information content (AvgIpc) is 2.69. The second kappa shape index (κ2) is 6.05. The van der Waals surface area contributed by atoms with Crippen molar-refractivity contribution in [3.63, 3.8) is 0 Å². The molecule has 6 nitrogen and oxygen atoms in total. The molecule has 2 unspecified atom stereocenters. The third kappa shape index (κ3) is 3.61. The van der Waals surface area contributed by atoms with Gasteiger partial charge in [0.2, 0.25) is 0 Å². The number of aromatic carboxylic acids is 1. The number of carboxylic acids is 1. The summed E-state index contributed by atoms with van der Waals surface area (Å²) >= 11 is 0.998. The fourth-order valence-electron chi connectivity index (χ4n) is 1.13. The number of carbonyl (C=O) groups is 2. The van der Waals surface area contributed by atoms with Crippen LogP contribution < -0.4 is 5.32 Å². The summed E-state index contributed by atoms with van der Waals surface area (Å²) in [6, 6.07) is 0. The van der Waals surface area contributed by atoms with Crippen molar-refractivity contribution in [2.75, 3.05) is 18.1 Å². The summed E-state index contributed by atoms with van der Waals surface area (Å²) in [5, 5.41) is 12.1. The lowest BCUT2D eigenvalue weighted by atomic mass is 10.3. The highest BCUT2D eigenvalue weighted by Gasteiger charge is 2.20. The molecular weight excluding hydrogens is 276 g/mol. The van der Waals surface area contributed by atoms with Crippen LogP contribution in [0, 0.1) is 0 Å². The standard InChI is InChI=1S/C10H14N2O4S2/c1-5(18(3)16)4-11-10-12-7(9(14)15)8(17-10)6(2)13/h5H,4H2,1-3H3,(H,11,12)(H,14,15). The Balaban J connectivity index is 2.85. The van der Waals surface area contributed by atoms with Gasteiger partial charge >= 0.3 is 5.97 Å². The van der Waals surface area contributed by atoms with Gasteiger partial charge in [-0.15, -0.1) is 0 Å². The van der Waals surface area contributed by atoms with Gasteiger partial charge in [-0.1, -0.05) is 11.3 Å². The van der Waals surface area contributed by atoms with Crippen LogP contribution in [0.5, 0.6) is 0 Å². The lowest BCUT2D eigenvalue weighted by Crippen LogP contribution is -2.20. The summed E-state index contributed by atoms with van der Waals surface area (Å²) in [5.74, 6) is -1.55. The number of carboxylic acid groups (broad SMARTS) is 1. The Bertz CT molecular complexity index is 467. The van der Waals surface area contributed by atoms with Gasteiger partial charge in [-0.05, 0) is 6.92 Å². The summed E-state index contributed by atoms with van der Waals surface area (Å²) in [5.41, 5.74) is -0.236. The van der Waals surface area contributed by atoms with Crippen LogP contribution in [-0.4, -0.2) is 44.1 Å². The van der Waals surface area contributed by atoms with Gasteiger partial charge in [0.05, 0.1) is 0 Å². The van der Waals surface area contributed by atoms with E-state index in [1.165, 1.54) is 6.92 Å². The van der Waals surface area contributed by atoms with E-state index in [9.17, 15) is 13.8 Å². The first kappa shape index (κ1) is 14.8. The molecule has 1 heterocycles. The van der Waals surface area contributed by atoms with Gasteiger partial charge in [-0.25, -0.2) is 9.78 Å². The van der Waals surface area contributed by atoms with E-state index < -0.39 is 16.8 Å². The van der Waals surface area contributed by atoms with Gasteiger partial charge in [-0.3, -0.25) is 9.00 Å². The summed E-state index contributed by atoms with van der Waals surface area (Å²) in [6.07, 6.45) is 1.60. The number of aromatic nitrogens is 1. The Morgan fingerprint density at radius 3 is 2.56 bits per heavy atom. The van der Waals surface area contributed by atoms with Crippen LogP contribution in [0.1, 0.15) is 34.0 Å².